The maximum Gasteiger partial charge on any atom is 0.206 e. The van der Waals surface area contributed by atoms with Gasteiger partial charge in [-0.1, -0.05) is 86.0 Å². The summed E-state index contributed by atoms with van der Waals surface area (Å²) < 4.78 is 6.30. The van der Waals surface area contributed by atoms with E-state index < -0.39 is 0 Å². The first-order chi connectivity index (χ1) is 16.7. The molecular formula is C29H26N2O3. The number of furan rings is 1. The first-order valence-electron chi connectivity index (χ1n) is 11.8. The Hall–Kier alpha value is -3.99. The van der Waals surface area contributed by atoms with Crippen molar-refractivity contribution in [1.29, 1.82) is 0 Å². The lowest BCUT2D eigenvalue weighted by Crippen LogP contribution is -2.23. The monoisotopic (exact) mass is 450 g/mol. The quantitative estimate of drug-likeness (QED) is 0.323. The molecule has 2 heterocycles. The highest BCUT2D eigenvalue weighted by atomic mass is 16.4. The van der Waals surface area contributed by atoms with Crippen molar-refractivity contribution in [3.63, 3.8) is 0 Å². The Balaban J connectivity index is 1.71. The number of benzene rings is 2. The molecule has 1 aliphatic rings. The first kappa shape index (κ1) is 21.8. The van der Waals surface area contributed by atoms with E-state index in [9.17, 15) is 9.59 Å². The molecule has 34 heavy (non-hydrogen) atoms. The minimum absolute atomic E-state index is 0.193. The highest BCUT2D eigenvalue weighted by molar-refractivity contribution is 6.23. The molecule has 2 aromatic heterocycles. The molecule has 5 heteroatoms. The Morgan fingerprint density at radius 2 is 1.32 bits per heavy atom. The fourth-order valence-electron chi connectivity index (χ4n) is 4.54. The molecule has 5 nitrogen and oxygen atoms in total. The Morgan fingerprint density at radius 1 is 0.735 bits per heavy atom. The molecule has 0 saturated heterocycles. The highest BCUT2D eigenvalue weighted by Gasteiger charge is 2.33. The van der Waals surface area contributed by atoms with Crippen LogP contribution in [0, 0.1) is 0 Å². The van der Waals surface area contributed by atoms with E-state index in [1.807, 2.05) is 48.5 Å². The molecule has 0 unspecified atom stereocenters. The maximum atomic E-state index is 13.8. The van der Waals surface area contributed by atoms with Gasteiger partial charge in [-0.3, -0.25) is 14.6 Å². The molecule has 1 saturated carbocycles. The standard InChI is InChI=1S/C29H26N2O3/c32-26(20-12-4-1-5-13-20)24-25(27(33)21-14-6-2-7-15-21)29(31-22-16-8-3-9-17-22)34-28(24)23-18-10-11-19-30-23/h1-2,4-7,10-15,18-19,22,31H,3,8-9,16-17H2. The molecule has 0 radical (unpaired) electrons. The van der Waals surface area contributed by atoms with E-state index in [0.29, 0.717) is 28.5 Å². The van der Waals surface area contributed by atoms with Crippen LogP contribution in [0.2, 0.25) is 0 Å². The van der Waals surface area contributed by atoms with E-state index >= 15 is 0 Å². The largest absolute Gasteiger partial charge is 0.437 e. The fourth-order valence-corrected chi connectivity index (χ4v) is 4.54. The van der Waals surface area contributed by atoms with Gasteiger partial charge in [0.25, 0.3) is 0 Å². The van der Waals surface area contributed by atoms with Crippen LogP contribution in [0.1, 0.15) is 63.9 Å². The second-order valence-corrected chi connectivity index (χ2v) is 8.59. The van der Waals surface area contributed by atoms with Crippen molar-refractivity contribution in [2.45, 2.75) is 38.1 Å². The number of carbonyl (C=O) groups excluding carboxylic acids is 2. The van der Waals surface area contributed by atoms with Crippen LogP contribution < -0.4 is 5.32 Å². The molecule has 1 aliphatic carbocycles. The van der Waals surface area contributed by atoms with E-state index in [1.54, 1.807) is 36.5 Å². The third kappa shape index (κ3) is 4.42. The minimum Gasteiger partial charge on any atom is -0.437 e. The predicted molar refractivity (Wildman–Crippen MR) is 132 cm³/mol. The molecule has 170 valence electrons. The van der Waals surface area contributed by atoms with Gasteiger partial charge in [0.05, 0.1) is 11.1 Å². The Bertz CT molecular complexity index is 1280. The van der Waals surface area contributed by atoms with Gasteiger partial charge in [0.15, 0.2) is 17.3 Å². The van der Waals surface area contributed by atoms with Crippen molar-refractivity contribution in [1.82, 2.24) is 4.98 Å². The number of aromatic nitrogens is 1. The summed E-state index contributed by atoms with van der Waals surface area (Å²) in [5.74, 6) is 0.151. The van der Waals surface area contributed by atoms with Crippen LogP contribution in [0.15, 0.2) is 89.5 Å². The summed E-state index contributed by atoms with van der Waals surface area (Å²) in [6.07, 6.45) is 7.12. The lowest BCUT2D eigenvalue weighted by Gasteiger charge is -2.23. The van der Waals surface area contributed by atoms with Gasteiger partial charge in [0, 0.05) is 23.4 Å². The van der Waals surface area contributed by atoms with Gasteiger partial charge < -0.3 is 9.73 Å². The van der Waals surface area contributed by atoms with Crippen molar-refractivity contribution in [3.05, 3.63) is 107 Å². The highest BCUT2D eigenvalue weighted by Crippen LogP contribution is 2.38. The number of pyridine rings is 1. The molecule has 5 rings (SSSR count). The third-order valence-electron chi connectivity index (χ3n) is 6.27. The zero-order chi connectivity index (χ0) is 23.3. The Labute approximate surface area is 198 Å². The van der Waals surface area contributed by atoms with Gasteiger partial charge in [0.2, 0.25) is 5.88 Å². The predicted octanol–water partition coefficient (Wildman–Crippen LogP) is 6.55. The second-order valence-electron chi connectivity index (χ2n) is 8.59. The SMILES string of the molecule is O=C(c1ccccc1)c1c(NC2CCCCC2)oc(-c2ccccn2)c1C(=O)c1ccccc1. The van der Waals surface area contributed by atoms with E-state index in [-0.39, 0.29) is 28.7 Å². The van der Waals surface area contributed by atoms with Gasteiger partial charge in [-0.25, -0.2) is 0 Å². The molecule has 4 aromatic rings. The summed E-state index contributed by atoms with van der Waals surface area (Å²) in [5, 5.41) is 3.47. The molecule has 1 fully saturated rings. The Kier molecular flexibility index (Phi) is 6.34. The first-order valence-corrected chi connectivity index (χ1v) is 11.8. The summed E-state index contributed by atoms with van der Waals surface area (Å²) in [7, 11) is 0. The summed E-state index contributed by atoms with van der Waals surface area (Å²) in [6.45, 7) is 0. The van der Waals surface area contributed by atoms with Crippen LogP contribution in [0.5, 0.6) is 0 Å². The lowest BCUT2D eigenvalue weighted by molar-refractivity contribution is 0.100. The minimum atomic E-state index is -0.263. The van der Waals surface area contributed by atoms with Crippen LogP contribution in [-0.2, 0) is 0 Å². The second kappa shape index (κ2) is 9.87. The van der Waals surface area contributed by atoms with Crippen molar-refractivity contribution < 1.29 is 14.0 Å². The van der Waals surface area contributed by atoms with Crippen LogP contribution in [0.4, 0.5) is 5.88 Å². The summed E-state index contributed by atoms with van der Waals surface area (Å²) >= 11 is 0. The van der Waals surface area contributed by atoms with Crippen LogP contribution in [0.3, 0.4) is 0 Å². The smallest absolute Gasteiger partial charge is 0.206 e. The topological polar surface area (TPSA) is 72.2 Å². The summed E-state index contributed by atoms with van der Waals surface area (Å²) in [4.78, 5) is 32.1. The average molecular weight is 451 g/mol. The molecular weight excluding hydrogens is 424 g/mol. The number of hydrogen-bond donors (Lipinski definition) is 1. The van der Waals surface area contributed by atoms with Crippen molar-refractivity contribution in [2.24, 2.45) is 0 Å². The molecule has 0 atom stereocenters. The van der Waals surface area contributed by atoms with Crippen LogP contribution in [0.25, 0.3) is 11.5 Å². The lowest BCUT2D eigenvalue weighted by atomic mass is 9.92. The van der Waals surface area contributed by atoms with E-state index in [4.69, 9.17) is 4.42 Å². The molecule has 2 aromatic carbocycles. The molecule has 0 spiro atoms. The number of nitrogens with one attached hydrogen (secondary N) is 1. The maximum absolute atomic E-state index is 13.8. The van der Waals surface area contributed by atoms with E-state index in [2.05, 4.69) is 10.3 Å². The molecule has 0 bridgehead atoms. The van der Waals surface area contributed by atoms with E-state index in [1.165, 1.54) is 6.42 Å². The average Bonchev–Trinajstić information content (AvgIpc) is 3.28. The van der Waals surface area contributed by atoms with Gasteiger partial charge >= 0.3 is 0 Å². The van der Waals surface area contributed by atoms with Crippen molar-refractivity contribution >= 4 is 17.5 Å². The van der Waals surface area contributed by atoms with Crippen LogP contribution >= 0.6 is 0 Å². The van der Waals surface area contributed by atoms with E-state index in [0.717, 1.165) is 25.7 Å². The molecule has 1 N–H and O–H groups in total. The fraction of sp³-hybridized carbons (Fsp3) is 0.207. The summed E-state index contributed by atoms with van der Waals surface area (Å²) in [5.41, 5.74) is 2.03. The number of carbonyl (C=O) groups is 2. The van der Waals surface area contributed by atoms with Gasteiger partial charge in [0.1, 0.15) is 5.69 Å². The number of ketones is 2. The van der Waals surface area contributed by atoms with Gasteiger partial charge in [-0.2, -0.15) is 0 Å². The van der Waals surface area contributed by atoms with Crippen molar-refractivity contribution in [2.75, 3.05) is 5.32 Å². The van der Waals surface area contributed by atoms with Gasteiger partial charge in [-0.05, 0) is 25.0 Å². The summed E-state index contributed by atoms with van der Waals surface area (Å²) in [6, 6.07) is 23.7. The number of rotatable bonds is 7. The third-order valence-corrected chi connectivity index (χ3v) is 6.27. The van der Waals surface area contributed by atoms with Crippen LogP contribution in [-0.4, -0.2) is 22.6 Å². The van der Waals surface area contributed by atoms with Crippen molar-refractivity contribution in [3.8, 4) is 11.5 Å². The number of anilines is 1. The van der Waals surface area contributed by atoms with Gasteiger partial charge in [-0.15, -0.1) is 0 Å². The number of hydrogen-bond acceptors (Lipinski definition) is 5. The zero-order valence-electron chi connectivity index (χ0n) is 18.9. The molecule has 0 aliphatic heterocycles. The molecule has 0 amide bonds. The number of nitrogens with zero attached hydrogens (tertiary/aromatic N) is 1. The Morgan fingerprint density at radius 3 is 1.91 bits per heavy atom. The zero-order valence-corrected chi connectivity index (χ0v) is 18.9. The normalized spacial score (nSPS) is 14.0.